The molecule has 3 heterocycles. The third-order valence-electron chi connectivity index (χ3n) is 4.42. The van der Waals surface area contributed by atoms with Gasteiger partial charge in [-0.1, -0.05) is 18.2 Å². The van der Waals surface area contributed by atoms with Gasteiger partial charge in [0.2, 0.25) is 0 Å². The van der Waals surface area contributed by atoms with Crippen LogP contribution in [-0.2, 0) is 17.1 Å². The molecule has 0 saturated heterocycles. The van der Waals surface area contributed by atoms with Crippen molar-refractivity contribution in [1.82, 2.24) is 19.6 Å². The second-order valence-corrected chi connectivity index (χ2v) is 7.32. The van der Waals surface area contributed by atoms with Crippen LogP contribution in [0, 0.1) is 0 Å². The van der Waals surface area contributed by atoms with E-state index < -0.39 is 0 Å². The second-order valence-electron chi connectivity index (χ2n) is 6.33. The maximum atomic E-state index is 12.7. The Bertz CT molecular complexity index is 1170. The summed E-state index contributed by atoms with van der Waals surface area (Å²) >= 11 is 1.54. The third kappa shape index (κ3) is 4.03. The minimum Gasteiger partial charge on any atom is -0.497 e. The van der Waals surface area contributed by atoms with Crippen molar-refractivity contribution in [1.29, 1.82) is 0 Å². The molecular weight excluding hydrogens is 388 g/mol. The van der Waals surface area contributed by atoms with E-state index in [9.17, 15) is 4.79 Å². The molecule has 1 N–H and O–H groups in total. The lowest BCUT2D eigenvalue weighted by Crippen LogP contribution is -2.15. The molecule has 0 unspecified atom stereocenters. The molecule has 0 aliphatic rings. The number of H-pyrrole nitrogens is 1. The van der Waals surface area contributed by atoms with Crippen molar-refractivity contribution in [3.05, 3.63) is 76.5 Å². The number of nitrogens with one attached hydrogen (secondary N) is 1. The Balaban J connectivity index is 1.78. The fourth-order valence-electron chi connectivity index (χ4n) is 3.10. The zero-order valence-corrected chi connectivity index (χ0v) is 16.9. The van der Waals surface area contributed by atoms with E-state index >= 15 is 0 Å². The number of thioether (sulfide) groups is 1. The molecule has 7 nitrogen and oxygen atoms in total. The topological polar surface area (TPSA) is 81.5 Å². The first-order chi connectivity index (χ1) is 14.2. The van der Waals surface area contributed by atoms with E-state index in [0.717, 1.165) is 27.6 Å². The second kappa shape index (κ2) is 8.50. The zero-order valence-electron chi connectivity index (χ0n) is 16.1. The van der Waals surface area contributed by atoms with Gasteiger partial charge < -0.3 is 9.47 Å². The molecule has 0 spiro atoms. The summed E-state index contributed by atoms with van der Waals surface area (Å²) < 4.78 is 12.0. The molecule has 0 atom stereocenters. The number of nitrogens with zero attached hydrogens (tertiary/aromatic N) is 3. The number of fused-ring (bicyclic) bond motifs is 1. The van der Waals surface area contributed by atoms with Crippen molar-refractivity contribution in [2.24, 2.45) is 0 Å². The number of hydrogen-bond acceptors (Lipinski definition) is 6. The first-order valence-electron chi connectivity index (χ1n) is 9.00. The Hall–Kier alpha value is -3.10. The molecule has 4 aromatic rings. The van der Waals surface area contributed by atoms with Crippen molar-refractivity contribution in [2.45, 2.75) is 17.4 Å². The predicted molar refractivity (Wildman–Crippen MR) is 112 cm³/mol. The molecule has 1 aromatic carbocycles. The van der Waals surface area contributed by atoms with Crippen molar-refractivity contribution < 1.29 is 9.47 Å². The number of ether oxygens (including phenoxy) is 2. The molecule has 3 aromatic heterocycles. The van der Waals surface area contributed by atoms with Crippen LogP contribution in [0.15, 0.2) is 64.5 Å². The minimum atomic E-state index is -0.163. The van der Waals surface area contributed by atoms with Gasteiger partial charge in [-0.25, -0.2) is 14.5 Å². The Morgan fingerprint density at radius 2 is 1.97 bits per heavy atom. The minimum absolute atomic E-state index is 0.163. The Morgan fingerprint density at radius 3 is 2.66 bits per heavy atom. The largest absolute Gasteiger partial charge is 0.497 e. The van der Waals surface area contributed by atoms with Crippen LogP contribution in [0.1, 0.15) is 11.4 Å². The molecule has 0 aliphatic heterocycles. The third-order valence-corrected chi connectivity index (χ3v) is 5.39. The Morgan fingerprint density at radius 1 is 1.14 bits per heavy atom. The molecule has 0 aliphatic carbocycles. The summed E-state index contributed by atoms with van der Waals surface area (Å²) in [6, 6.07) is 15.0. The van der Waals surface area contributed by atoms with Gasteiger partial charge in [0.15, 0.2) is 5.65 Å². The smallest absolute Gasteiger partial charge is 0.272 e. The molecule has 148 valence electrons. The average Bonchev–Trinajstić information content (AvgIpc) is 3.12. The van der Waals surface area contributed by atoms with Crippen LogP contribution in [0.5, 0.6) is 5.75 Å². The van der Waals surface area contributed by atoms with Gasteiger partial charge in [-0.3, -0.25) is 9.89 Å². The molecule has 29 heavy (non-hydrogen) atoms. The number of benzene rings is 1. The number of hydrogen-bond donors (Lipinski definition) is 1. The van der Waals surface area contributed by atoms with E-state index in [1.54, 1.807) is 38.2 Å². The first-order valence-corrected chi connectivity index (χ1v) is 9.99. The maximum absolute atomic E-state index is 12.7. The Kier molecular flexibility index (Phi) is 5.64. The highest BCUT2D eigenvalue weighted by molar-refractivity contribution is 7.98. The average molecular weight is 408 g/mol. The van der Waals surface area contributed by atoms with Crippen molar-refractivity contribution >= 4 is 17.4 Å². The van der Waals surface area contributed by atoms with Gasteiger partial charge in [-0.05, 0) is 29.8 Å². The van der Waals surface area contributed by atoms with E-state index in [4.69, 9.17) is 14.5 Å². The summed E-state index contributed by atoms with van der Waals surface area (Å²) in [5.41, 5.74) is 3.67. The lowest BCUT2D eigenvalue weighted by Gasteiger charge is -2.06. The number of methoxy groups -OCH3 is 2. The van der Waals surface area contributed by atoms with Crippen LogP contribution >= 0.6 is 11.8 Å². The summed E-state index contributed by atoms with van der Waals surface area (Å²) in [7, 11) is 3.25. The van der Waals surface area contributed by atoms with Gasteiger partial charge in [0.25, 0.3) is 5.56 Å². The molecule has 0 bridgehead atoms. The fraction of sp³-hybridized carbons (Fsp3) is 0.190. The Labute approximate surface area is 171 Å². The molecule has 0 fully saturated rings. The number of rotatable bonds is 7. The fourth-order valence-corrected chi connectivity index (χ4v) is 3.85. The van der Waals surface area contributed by atoms with Crippen LogP contribution in [0.3, 0.4) is 0 Å². The SMILES string of the molecule is COCc1[nH]n2c(=O)cc(CSc3ccccn3)nc2c1-c1ccc(OC)cc1. The van der Waals surface area contributed by atoms with Crippen molar-refractivity contribution in [3.8, 4) is 16.9 Å². The quantitative estimate of drug-likeness (QED) is 0.471. The van der Waals surface area contributed by atoms with Gasteiger partial charge in [-0.2, -0.15) is 0 Å². The highest BCUT2D eigenvalue weighted by Crippen LogP contribution is 2.29. The van der Waals surface area contributed by atoms with Crippen molar-refractivity contribution in [2.75, 3.05) is 14.2 Å². The van der Waals surface area contributed by atoms with Crippen molar-refractivity contribution in [3.63, 3.8) is 0 Å². The highest BCUT2D eigenvalue weighted by Gasteiger charge is 2.17. The van der Waals surface area contributed by atoms with E-state index in [0.29, 0.717) is 23.7 Å². The van der Waals surface area contributed by atoms with E-state index in [1.807, 2.05) is 42.5 Å². The molecule has 8 heteroatoms. The van der Waals surface area contributed by atoms with Crippen LogP contribution in [0.2, 0.25) is 0 Å². The van der Waals surface area contributed by atoms with E-state index in [1.165, 1.54) is 4.52 Å². The summed E-state index contributed by atoms with van der Waals surface area (Å²) in [5.74, 6) is 1.31. The first kappa shape index (κ1) is 19.2. The zero-order chi connectivity index (χ0) is 20.2. The van der Waals surface area contributed by atoms with Crippen LogP contribution in [0.25, 0.3) is 16.8 Å². The molecular formula is C21H20N4O3S. The van der Waals surface area contributed by atoms with Gasteiger partial charge in [0.05, 0.1) is 30.1 Å². The summed E-state index contributed by atoms with van der Waals surface area (Å²) in [5, 5.41) is 4.02. The number of aromatic nitrogens is 4. The maximum Gasteiger partial charge on any atom is 0.272 e. The normalized spacial score (nSPS) is 11.1. The summed E-state index contributed by atoms with van der Waals surface area (Å²) in [6.07, 6.45) is 1.75. The lowest BCUT2D eigenvalue weighted by atomic mass is 10.1. The highest BCUT2D eigenvalue weighted by atomic mass is 32.2. The number of pyridine rings is 1. The van der Waals surface area contributed by atoms with Gasteiger partial charge in [-0.15, -0.1) is 11.8 Å². The monoisotopic (exact) mass is 408 g/mol. The molecule has 0 radical (unpaired) electrons. The molecule has 0 amide bonds. The number of aromatic amines is 1. The molecule has 0 saturated carbocycles. The summed E-state index contributed by atoms with van der Waals surface area (Å²) in [4.78, 5) is 21.8. The summed E-state index contributed by atoms with van der Waals surface area (Å²) in [6.45, 7) is 0.335. The van der Waals surface area contributed by atoms with Crippen LogP contribution in [-0.4, -0.2) is 33.8 Å². The van der Waals surface area contributed by atoms with Gasteiger partial charge in [0, 0.05) is 30.7 Å². The lowest BCUT2D eigenvalue weighted by molar-refractivity contribution is 0.181. The standard InChI is InChI=1S/C21H20N4O3S/c1-27-12-17-20(14-6-8-16(28-2)9-7-14)21-23-15(11-19(26)25(21)24-17)13-29-18-5-3-4-10-22-18/h3-11,24H,12-13H2,1-2H3. The van der Waals surface area contributed by atoms with Crippen LogP contribution < -0.4 is 10.3 Å². The predicted octanol–water partition coefficient (Wildman–Crippen LogP) is 3.53. The van der Waals surface area contributed by atoms with Gasteiger partial charge in [0.1, 0.15) is 5.75 Å². The van der Waals surface area contributed by atoms with Crippen LogP contribution in [0.4, 0.5) is 0 Å². The molecule has 4 rings (SSSR count). The van der Waals surface area contributed by atoms with E-state index in [-0.39, 0.29) is 5.56 Å². The van der Waals surface area contributed by atoms with Gasteiger partial charge >= 0.3 is 0 Å². The van der Waals surface area contributed by atoms with E-state index in [2.05, 4.69) is 10.1 Å².